The van der Waals surface area contributed by atoms with Crippen molar-refractivity contribution in [1.82, 2.24) is 0 Å². The zero-order valence-corrected chi connectivity index (χ0v) is 10.3. The van der Waals surface area contributed by atoms with Crippen LogP contribution in [0.5, 0.6) is 0 Å². The van der Waals surface area contributed by atoms with E-state index in [9.17, 15) is 14.4 Å². The molecule has 19 heavy (non-hydrogen) atoms. The average Bonchev–Trinajstić information content (AvgIpc) is 2.61. The molecule has 0 atom stereocenters. The van der Waals surface area contributed by atoms with E-state index in [1.54, 1.807) is 18.2 Å². The van der Waals surface area contributed by atoms with Crippen LogP contribution in [-0.4, -0.2) is 16.2 Å². The predicted molar refractivity (Wildman–Crippen MR) is 69.6 cm³/mol. The predicted octanol–water partition coefficient (Wildman–Crippen LogP) is 3.31. The van der Waals surface area contributed by atoms with Gasteiger partial charge in [0.25, 0.3) is 11.5 Å². The minimum absolute atomic E-state index is 0.0388. The molecule has 2 aromatic rings. The first-order valence-corrected chi connectivity index (χ1v) is 5.90. The molecule has 0 amide bonds. The Balaban J connectivity index is 2.20. The number of halogens is 2. The van der Waals surface area contributed by atoms with E-state index in [0.29, 0.717) is 15.3 Å². The van der Waals surface area contributed by atoms with Crippen LogP contribution in [0.4, 0.5) is 10.1 Å². The second-order valence-corrected chi connectivity index (χ2v) is 4.58. The largest absolute Gasteiger partial charge is 0.618 e. The summed E-state index contributed by atoms with van der Waals surface area (Å²) >= 11 is 5.85. The van der Waals surface area contributed by atoms with Crippen molar-refractivity contribution in [3.63, 3.8) is 0 Å². The second kappa shape index (κ2) is 4.17. The van der Waals surface area contributed by atoms with Crippen molar-refractivity contribution >= 4 is 28.8 Å². The average molecular weight is 276 g/mol. The van der Waals surface area contributed by atoms with Crippen LogP contribution in [0.3, 0.4) is 0 Å². The molecule has 0 fully saturated rings. The first kappa shape index (κ1) is 11.9. The molecule has 3 nitrogen and oxygen atoms in total. The van der Waals surface area contributed by atoms with Crippen molar-refractivity contribution < 1.29 is 13.9 Å². The van der Waals surface area contributed by atoms with Crippen molar-refractivity contribution in [3.05, 3.63) is 69.6 Å². The Bertz CT molecular complexity index is 740. The number of ketones is 1. The molecule has 0 unspecified atom stereocenters. The third kappa shape index (κ3) is 1.81. The van der Waals surface area contributed by atoms with Crippen molar-refractivity contribution in [2.24, 2.45) is 0 Å². The highest BCUT2D eigenvalue weighted by molar-refractivity contribution is 6.52. The zero-order chi connectivity index (χ0) is 13.6. The van der Waals surface area contributed by atoms with Gasteiger partial charge in [0.05, 0.1) is 5.56 Å². The smallest absolute Gasteiger partial charge is 0.273 e. The lowest BCUT2D eigenvalue weighted by Crippen LogP contribution is -2.16. The van der Waals surface area contributed by atoms with Crippen LogP contribution in [0.15, 0.2) is 42.5 Å². The molecule has 94 valence electrons. The number of fused-ring (bicyclic) bond motifs is 1. The Kier molecular flexibility index (Phi) is 2.61. The van der Waals surface area contributed by atoms with Gasteiger partial charge in [-0.2, -0.15) is 4.74 Å². The third-order valence-electron chi connectivity index (χ3n) is 2.94. The minimum atomic E-state index is -0.548. The van der Waals surface area contributed by atoms with Gasteiger partial charge >= 0.3 is 0 Å². The van der Waals surface area contributed by atoms with E-state index < -0.39 is 11.6 Å². The van der Waals surface area contributed by atoms with Crippen molar-refractivity contribution in [2.45, 2.75) is 0 Å². The van der Waals surface area contributed by atoms with E-state index >= 15 is 0 Å². The molecule has 0 spiro atoms. The Morgan fingerprint density at radius 3 is 2.68 bits per heavy atom. The van der Waals surface area contributed by atoms with Gasteiger partial charge in [0.1, 0.15) is 11.4 Å². The molecule has 0 N–H and O–H groups in total. The fourth-order valence-corrected chi connectivity index (χ4v) is 2.28. The van der Waals surface area contributed by atoms with E-state index in [4.69, 9.17) is 11.6 Å². The fourth-order valence-electron chi connectivity index (χ4n) is 2.09. The summed E-state index contributed by atoms with van der Waals surface area (Å²) in [7, 11) is 0. The maximum atomic E-state index is 13.2. The first-order valence-electron chi connectivity index (χ1n) is 5.52. The van der Waals surface area contributed by atoms with Crippen LogP contribution in [0.25, 0.3) is 0 Å². The number of hydrogen-bond acceptors (Lipinski definition) is 2. The van der Waals surface area contributed by atoms with Gasteiger partial charge in [-0.1, -0.05) is 17.7 Å². The summed E-state index contributed by atoms with van der Waals surface area (Å²) in [6, 6.07) is 9.96. The maximum Gasteiger partial charge on any atom is 0.273 e. The molecule has 0 bridgehead atoms. The fraction of sp³-hybridized carbons (Fsp3) is 0. The second-order valence-electron chi connectivity index (χ2n) is 4.14. The van der Waals surface area contributed by atoms with Crippen LogP contribution in [0, 0.1) is 11.0 Å². The van der Waals surface area contributed by atoms with Crippen LogP contribution >= 0.6 is 11.6 Å². The van der Waals surface area contributed by atoms with Crippen molar-refractivity contribution in [3.8, 4) is 0 Å². The van der Waals surface area contributed by atoms with Gasteiger partial charge in [0.15, 0.2) is 0 Å². The third-order valence-corrected chi connectivity index (χ3v) is 3.17. The van der Waals surface area contributed by atoms with Gasteiger partial charge in [-0.15, -0.1) is 0 Å². The number of nitrogens with zero attached hydrogens (tertiary/aromatic N) is 1. The zero-order valence-electron chi connectivity index (χ0n) is 9.56. The van der Waals surface area contributed by atoms with E-state index in [0.717, 1.165) is 12.1 Å². The SMILES string of the molecule is O=C1C(c2cccc(Cl)c2)=[N+]([O-])c2ccc(F)cc21. The molecule has 0 radical (unpaired) electrons. The molecule has 0 aliphatic carbocycles. The van der Waals surface area contributed by atoms with Gasteiger partial charge in [0.2, 0.25) is 5.69 Å². The molecule has 5 heteroatoms. The Labute approximate surface area is 113 Å². The molecular weight excluding hydrogens is 269 g/mol. The van der Waals surface area contributed by atoms with Crippen LogP contribution in [-0.2, 0) is 0 Å². The van der Waals surface area contributed by atoms with Gasteiger partial charge in [-0.25, -0.2) is 4.39 Å². The molecule has 1 aliphatic rings. The monoisotopic (exact) mass is 275 g/mol. The quantitative estimate of drug-likeness (QED) is 0.592. The van der Waals surface area contributed by atoms with Crippen LogP contribution in [0.1, 0.15) is 15.9 Å². The number of carbonyl (C=O) groups excluding carboxylic acids is 1. The lowest BCUT2D eigenvalue weighted by molar-refractivity contribution is -0.355. The summed E-state index contributed by atoms with van der Waals surface area (Å²) in [5, 5.41) is 12.5. The molecule has 0 aromatic heterocycles. The first-order chi connectivity index (χ1) is 9.08. The number of hydrogen-bond donors (Lipinski definition) is 0. The Morgan fingerprint density at radius 1 is 1.16 bits per heavy atom. The highest BCUT2D eigenvalue weighted by atomic mass is 35.5. The van der Waals surface area contributed by atoms with Crippen LogP contribution in [0.2, 0.25) is 5.02 Å². The summed E-state index contributed by atoms with van der Waals surface area (Å²) in [5.41, 5.74) is 0.610. The highest BCUT2D eigenvalue weighted by Gasteiger charge is 2.36. The summed E-state index contributed by atoms with van der Waals surface area (Å²) in [6.45, 7) is 0. The van der Waals surface area contributed by atoms with Crippen molar-refractivity contribution in [2.75, 3.05) is 0 Å². The lowest BCUT2D eigenvalue weighted by Gasteiger charge is -2.02. The van der Waals surface area contributed by atoms with Gasteiger partial charge in [-0.05, 0) is 30.3 Å². The highest BCUT2D eigenvalue weighted by Crippen LogP contribution is 2.29. The van der Waals surface area contributed by atoms with E-state index in [-0.39, 0.29) is 17.0 Å². The molecule has 0 saturated carbocycles. The van der Waals surface area contributed by atoms with Crippen molar-refractivity contribution in [1.29, 1.82) is 0 Å². The summed E-state index contributed by atoms with van der Waals surface area (Å²) < 4.78 is 13.7. The molecular formula is C14H7ClFNO2. The molecule has 3 rings (SSSR count). The maximum absolute atomic E-state index is 13.2. The molecule has 1 heterocycles. The van der Waals surface area contributed by atoms with E-state index in [1.165, 1.54) is 12.1 Å². The molecule has 1 aliphatic heterocycles. The number of Topliss-reactive ketones (excluding diaryl/α,β-unsaturated/α-hetero) is 1. The topological polar surface area (TPSA) is 43.1 Å². The molecule has 0 saturated heterocycles. The molecule has 2 aromatic carbocycles. The van der Waals surface area contributed by atoms with E-state index in [2.05, 4.69) is 0 Å². The van der Waals surface area contributed by atoms with E-state index in [1.807, 2.05) is 0 Å². The standard InChI is InChI=1S/C14H7ClFNO2/c15-9-3-1-2-8(6-9)13-14(18)11-7-10(16)4-5-12(11)17(13)19/h1-7H. The lowest BCUT2D eigenvalue weighted by atomic mass is 10.0. The summed E-state index contributed by atoms with van der Waals surface area (Å²) in [4.78, 5) is 12.2. The minimum Gasteiger partial charge on any atom is -0.618 e. The summed E-state index contributed by atoms with van der Waals surface area (Å²) in [6.07, 6.45) is 0. The number of rotatable bonds is 1. The normalized spacial score (nSPS) is 13.9. The van der Waals surface area contributed by atoms with Gasteiger partial charge < -0.3 is 5.21 Å². The van der Waals surface area contributed by atoms with Gasteiger partial charge in [-0.3, -0.25) is 4.79 Å². The van der Waals surface area contributed by atoms with Gasteiger partial charge in [0, 0.05) is 11.1 Å². The number of benzene rings is 2. The van der Waals surface area contributed by atoms with Crippen LogP contribution < -0.4 is 0 Å². The Morgan fingerprint density at radius 2 is 1.95 bits per heavy atom. The summed E-state index contributed by atoms with van der Waals surface area (Å²) in [5.74, 6) is -1.04. The Hall–Kier alpha value is -2.20. The number of carbonyl (C=O) groups is 1.